The smallest absolute Gasteiger partial charge is 0.166 e. The summed E-state index contributed by atoms with van der Waals surface area (Å²) in [5, 5.41) is 7.35. The molecule has 0 spiro atoms. The van der Waals surface area contributed by atoms with Crippen LogP contribution < -0.4 is 10.6 Å². The predicted molar refractivity (Wildman–Crippen MR) is 76.6 cm³/mol. The molecule has 0 aromatic heterocycles. The highest BCUT2D eigenvalue weighted by molar-refractivity contribution is 7.80. The van der Waals surface area contributed by atoms with Crippen LogP contribution in [-0.2, 0) is 0 Å². The Balaban J connectivity index is 3.88. The normalized spacial score (nSPS) is 11.6. The minimum absolute atomic E-state index is 0.630. The van der Waals surface area contributed by atoms with E-state index in [9.17, 15) is 0 Å². The molecule has 0 aromatic carbocycles. The summed E-state index contributed by atoms with van der Waals surface area (Å²) in [7, 11) is 0. The standard InChI is InChI=1S/C13H28N2S/c1-9(2)7-14-13(16)15-8-12(10(3)4)11(5)6/h9-12H,7-8H2,1-6H3,(H2,14,15,16). The van der Waals surface area contributed by atoms with Crippen LogP contribution in [0.5, 0.6) is 0 Å². The largest absolute Gasteiger partial charge is 0.362 e. The Kier molecular flexibility index (Phi) is 7.73. The van der Waals surface area contributed by atoms with E-state index >= 15 is 0 Å². The maximum Gasteiger partial charge on any atom is 0.166 e. The van der Waals surface area contributed by atoms with Crippen LogP contribution in [0.1, 0.15) is 41.5 Å². The molecule has 96 valence electrons. The Morgan fingerprint density at radius 2 is 1.31 bits per heavy atom. The molecule has 2 nitrogen and oxygen atoms in total. The monoisotopic (exact) mass is 244 g/mol. The molecule has 0 amide bonds. The molecular weight excluding hydrogens is 216 g/mol. The van der Waals surface area contributed by atoms with Crippen molar-refractivity contribution in [3.8, 4) is 0 Å². The molecular formula is C13H28N2S. The minimum atomic E-state index is 0.630. The summed E-state index contributed by atoms with van der Waals surface area (Å²) < 4.78 is 0. The highest BCUT2D eigenvalue weighted by Gasteiger charge is 2.17. The van der Waals surface area contributed by atoms with E-state index in [1.54, 1.807) is 0 Å². The molecule has 0 aliphatic carbocycles. The summed E-state index contributed by atoms with van der Waals surface area (Å²) in [5.74, 6) is 2.70. The van der Waals surface area contributed by atoms with Crippen LogP contribution in [0.2, 0.25) is 0 Å². The zero-order valence-corrected chi connectivity index (χ0v) is 12.4. The second-order valence-electron chi connectivity index (χ2n) is 5.64. The first-order valence-electron chi connectivity index (χ1n) is 6.36. The van der Waals surface area contributed by atoms with E-state index in [-0.39, 0.29) is 0 Å². The van der Waals surface area contributed by atoms with Gasteiger partial charge in [0.15, 0.2) is 5.11 Å². The molecule has 3 heteroatoms. The Labute approximate surface area is 107 Å². The molecule has 0 heterocycles. The molecule has 0 aromatic rings. The first-order valence-corrected chi connectivity index (χ1v) is 6.77. The average molecular weight is 244 g/mol. The molecule has 0 rings (SSSR count). The third-order valence-corrected chi connectivity index (χ3v) is 3.17. The van der Waals surface area contributed by atoms with Gasteiger partial charge >= 0.3 is 0 Å². The Hall–Kier alpha value is -0.310. The second-order valence-corrected chi connectivity index (χ2v) is 6.04. The molecule has 0 aliphatic rings. The summed E-state index contributed by atoms with van der Waals surface area (Å²) in [6.45, 7) is 15.4. The Morgan fingerprint density at radius 3 is 1.69 bits per heavy atom. The quantitative estimate of drug-likeness (QED) is 0.702. The van der Waals surface area contributed by atoms with Crippen molar-refractivity contribution >= 4 is 17.3 Å². The van der Waals surface area contributed by atoms with E-state index in [0.717, 1.165) is 18.2 Å². The number of nitrogens with one attached hydrogen (secondary N) is 2. The van der Waals surface area contributed by atoms with E-state index in [4.69, 9.17) is 12.2 Å². The lowest BCUT2D eigenvalue weighted by Crippen LogP contribution is -2.41. The van der Waals surface area contributed by atoms with Gasteiger partial charge in [-0.3, -0.25) is 0 Å². The van der Waals surface area contributed by atoms with Crippen LogP contribution in [0.15, 0.2) is 0 Å². The lowest BCUT2D eigenvalue weighted by Gasteiger charge is -2.26. The zero-order valence-electron chi connectivity index (χ0n) is 11.6. The molecule has 0 saturated heterocycles. The van der Waals surface area contributed by atoms with Gasteiger partial charge in [0.05, 0.1) is 0 Å². The van der Waals surface area contributed by atoms with Gasteiger partial charge in [0.1, 0.15) is 0 Å². The van der Waals surface area contributed by atoms with Crippen LogP contribution in [0.4, 0.5) is 0 Å². The maximum absolute atomic E-state index is 5.24. The van der Waals surface area contributed by atoms with Crippen molar-refractivity contribution in [2.75, 3.05) is 13.1 Å². The summed E-state index contributed by atoms with van der Waals surface area (Å²) in [4.78, 5) is 0. The molecule has 0 radical (unpaired) electrons. The van der Waals surface area contributed by atoms with Crippen molar-refractivity contribution in [3.05, 3.63) is 0 Å². The number of hydrogen-bond acceptors (Lipinski definition) is 1. The van der Waals surface area contributed by atoms with E-state index in [1.807, 2.05) is 0 Å². The van der Waals surface area contributed by atoms with Crippen molar-refractivity contribution < 1.29 is 0 Å². The summed E-state index contributed by atoms with van der Waals surface area (Å²) in [5.41, 5.74) is 0. The van der Waals surface area contributed by atoms with Gasteiger partial charge in [-0.05, 0) is 35.9 Å². The predicted octanol–water partition coefficient (Wildman–Crippen LogP) is 3.03. The summed E-state index contributed by atoms with van der Waals surface area (Å²) in [6, 6.07) is 0. The maximum atomic E-state index is 5.24. The Bertz CT molecular complexity index is 192. The highest BCUT2D eigenvalue weighted by atomic mass is 32.1. The molecule has 0 atom stereocenters. The van der Waals surface area contributed by atoms with Crippen molar-refractivity contribution in [3.63, 3.8) is 0 Å². The fourth-order valence-electron chi connectivity index (χ4n) is 1.81. The summed E-state index contributed by atoms with van der Waals surface area (Å²) in [6.07, 6.45) is 0. The van der Waals surface area contributed by atoms with Crippen molar-refractivity contribution in [2.24, 2.45) is 23.7 Å². The van der Waals surface area contributed by atoms with E-state index in [2.05, 4.69) is 52.2 Å². The molecule has 0 unspecified atom stereocenters. The summed E-state index contributed by atoms with van der Waals surface area (Å²) >= 11 is 5.24. The SMILES string of the molecule is CC(C)CNC(=S)NCC(C(C)C)C(C)C. The Morgan fingerprint density at radius 1 is 0.875 bits per heavy atom. The number of thiocarbonyl (C=S) groups is 1. The molecule has 0 aliphatic heterocycles. The van der Waals surface area contributed by atoms with Gasteiger partial charge in [0, 0.05) is 13.1 Å². The fourth-order valence-corrected chi connectivity index (χ4v) is 1.98. The molecule has 0 bridgehead atoms. The zero-order chi connectivity index (χ0) is 12.7. The second kappa shape index (κ2) is 7.88. The van der Waals surface area contributed by atoms with Gasteiger partial charge in [0.25, 0.3) is 0 Å². The van der Waals surface area contributed by atoms with E-state index in [1.165, 1.54) is 0 Å². The lowest BCUT2D eigenvalue weighted by atomic mass is 9.85. The molecule has 16 heavy (non-hydrogen) atoms. The van der Waals surface area contributed by atoms with Crippen LogP contribution in [0.3, 0.4) is 0 Å². The lowest BCUT2D eigenvalue weighted by molar-refractivity contribution is 0.288. The third kappa shape index (κ3) is 7.04. The van der Waals surface area contributed by atoms with Gasteiger partial charge in [-0.2, -0.15) is 0 Å². The van der Waals surface area contributed by atoms with Gasteiger partial charge in [-0.1, -0.05) is 41.5 Å². The first-order chi connectivity index (χ1) is 7.34. The van der Waals surface area contributed by atoms with Gasteiger partial charge in [-0.25, -0.2) is 0 Å². The molecule has 0 fully saturated rings. The van der Waals surface area contributed by atoms with Gasteiger partial charge in [0.2, 0.25) is 0 Å². The number of rotatable bonds is 6. The van der Waals surface area contributed by atoms with Crippen molar-refractivity contribution in [1.82, 2.24) is 10.6 Å². The van der Waals surface area contributed by atoms with E-state index in [0.29, 0.717) is 23.7 Å². The van der Waals surface area contributed by atoms with Crippen LogP contribution in [0.25, 0.3) is 0 Å². The minimum Gasteiger partial charge on any atom is -0.362 e. The van der Waals surface area contributed by atoms with Gasteiger partial charge < -0.3 is 10.6 Å². The van der Waals surface area contributed by atoms with Gasteiger partial charge in [-0.15, -0.1) is 0 Å². The highest BCUT2D eigenvalue weighted by Crippen LogP contribution is 2.19. The molecule has 0 saturated carbocycles. The number of hydrogen-bond donors (Lipinski definition) is 2. The molecule has 2 N–H and O–H groups in total. The topological polar surface area (TPSA) is 24.1 Å². The van der Waals surface area contributed by atoms with Crippen molar-refractivity contribution in [1.29, 1.82) is 0 Å². The van der Waals surface area contributed by atoms with Crippen molar-refractivity contribution in [2.45, 2.75) is 41.5 Å². The van der Waals surface area contributed by atoms with E-state index < -0.39 is 0 Å². The fraction of sp³-hybridized carbons (Fsp3) is 0.923. The average Bonchev–Trinajstić information content (AvgIpc) is 2.13. The third-order valence-electron chi connectivity index (χ3n) is 2.88. The van der Waals surface area contributed by atoms with Crippen LogP contribution >= 0.6 is 12.2 Å². The van der Waals surface area contributed by atoms with Crippen LogP contribution in [-0.4, -0.2) is 18.2 Å². The first kappa shape index (κ1) is 15.7. The van der Waals surface area contributed by atoms with Crippen LogP contribution in [0, 0.1) is 23.7 Å².